The fourth-order valence-corrected chi connectivity index (χ4v) is 7.23. The summed E-state index contributed by atoms with van der Waals surface area (Å²) in [5, 5.41) is 2.51. The Balaban J connectivity index is 1.75. The summed E-state index contributed by atoms with van der Waals surface area (Å²) in [5.41, 5.74) is 5.47. The van der Waals surface area contributed by atoms with Crippen molar-refractivity contribution in [1.82, 2.24) is 4.72 Å². The van der Waals surface area contributed by atoms with Gasteiger partial charge in [0.2, 0.25) is 10.0 Å². The van der Waals surface area contributed by atoms with Crippen LogP contribution in [0.15, 0.2) is 82.6 Å². The summed E-state index contributed by atoms with van der Waals surface area (Å²) < 4.78 is 59.1. The Kier molecular flexibility index (Phi) is 8.17. The third-order valence-electron chi connectivity index (χ3n) is 5.93. The van der Waals surface area contributed by atoms with E-state index in [0.717, 1.165) is 24.6 Å². The number of unbranched alkanes of at least 4 members (excludes halogenated alkanes) is 3. The lowest BCUT2D eigenvalue weighted by Gasteiger charge is -2.17. The minimum absolute atomic E-state index is 0.0478. The van der Waals surface area contributed by atoms with Crippen molar-refractivity contribution in [3.63, 3.8) is 0 Å². The Morgan fingerprint density at radius 3 is 2.19 bits per heavy atom. The first-order valence-electron chi connectivity index (χ1n) is 11.7. The predicted octanol–water partition coefficient (Wildman–Crippen LogP) is 5.24. The molecule has 0 aliphatic rings. The molecule has 7 nitrogen and oxygen atoms in total. The molecule has 10 heteroatoms. The molecular formula is C26H28ClN3O4S2. The lowest BCUT2D eigenvalue weighted by atomic mass is 10.1. The van der Waals surface area contributed by atoms with Gasteiger partial charge >= 0.3 is 0 Å². The first-order chi connectivity index (χ1) is 17.2. The number of hydrogen-bond donors (Lipinski definition) is 3. The summed E-state index contributed by atoms with van der Waals surface area (Å²) in [6.07, 6.45) is 3.27. The molecule has 190 valence electrons. The van der Waals surface area contributed by atoms with E-state index in [0.29, 0.717) is 34.1 Å². The van der Waals surface area contributed by atoms with Crippen LogP contribution >= 0.6 is 11.6 Å². The fraction of sp³-hybridized carbons (Fsp3) is 0.231. The highest BCUT2D eigenvalue weighted by molar-refractivity contribution is 7.93. The first-order valence-corrected chi connectivity index (χ1v) is 15.0. The van der Waals surface area contributed by atoms with Gasteiger partial charge < -0.3 is 5.73 Å². The van der Waals surface area contributed by atoms with E-state index in [1.54, 1.807) is 42.5 Å². The molecular weight excluding hydrogens is 518 g/mol. The minimum atomic E-state index is -4.12. The third kappa shape index (κ3) is 5.66. The Labute approximate surface area is 216 Å². The maximum atomic E-state index is 13.5. The minimum Gasteiger partial charge on any atom is -0.330 e. The average Bonchev–Trinajstić information content (AvgIpc) is 2.85. The molecule has 0 spiro atoms. The van der Waals surface area contributed by atoms with E-state index in [1.165, 1.54) is 12.1 Å². The Hall–Kier alpha value is -2.69. The van der Waals surface area contributed by atoms with Gasteiger partial charge in [-0.2, -0.15) is 0 Å². The number of nitrogens with one attached hydrogen (secondary N) is 2. The van der Waals surface area contributed by atoms with Crippen molar-refractivity contribution in [1.29, 1.82) is 0 Å². The highest BCUT2D eigenvalue weighted by Crippen LogP contribution is 2.35. The van der Waals surface area contributed by atoms with Crippen LogP contribution in [0.3, 0.4) is 0 Å². The van der Waals surface area contributed by atoms with Crippen LogP contribution in [0.25, 0.3) is 21.5 Å². The molecule has 0 radical (unpaired) electrons. The Bertz CT molecular complexity index is 1600. The summed E-state index contributed by atoms with van der Waals surface area (Å²) in [7, 11) is -8.21. The lowest BCUT2D eigenvalue weighted by Crippen LogP contribution is -2.27. The Morgan fingerprint density at radius 2 is 1.39 bits per heavy atom. The molecule has 0 fully saturated rings. The molecule has 0 saturated heterocycles. The van der Waals surface area contributed by atoms with Crippen molar-refractivity contribution >= 4 is 58.9 Å². The van der Waals surface area contributed by atoms with Crippen LogP contribution < -0.4 is 15.2 Å². The van der Waals surface area contributed by atoms with E-state index in [2.05, 4.69) is 9.44 Å². The van der Waals surface area contributed by atoms with Gasteiger partial charge in [0.25, 0.3) is 10.0 Å². The van der Waals surface area contributed by atoms with Gasteiger partial charge in [-0.15, -0.1) is 0 Å². The van der Waals surface area contributed by atoms with Crippen LogP contribution in [-0.4, -0.2) is 29.9 Å². The van der Waals surface area contributed by atoms with Crippen LogP contribution in [0.5, 0.6) is 0 Å². The molecule has 0 aliphatic heterocycles. The van der Waals surface area contributed by atoms with Crippen LogP contribution in [0, 0.1) is 0 Å². The van der Waals surface area contributed by atoms with Crippen molar-refractivity contribution in [3.8, 4) is 0 Å². The highest BCUT2D eigenvalue weighted by atomic mass is 35.5. The monoisotopic (exact) mass is 545 g/mol. The first kappa shape index (κ1) is 26.4. The van der Waals surface area contributed by atoms with Gasteiger partial charge in [0.05, 0.1) is 10.6 Å². The van der Waals surface area contributed by atoms with E-state index in [4.69, 9.17) is 17.3 Å². The topological polar surface area (TPSA) is 118 Å². The normalized spacial score (nSPS) is 12.3. The van der Waals surface area contributed by atoms with Crippen molar-refractivity contribution in [2.75, 3.05) is 17.8 Å². The van der Waals surface area contributed by atoms with Gasteiger partial charge in [-0.1, -0.05) is 79.0 Å². The number of hydrogen-bond acceptors (Lipinski definition) is 5. The number of fused-ring (bicyclic) bond motifs is 2. The van der Waals surface area contributed by atoms with Crippen LogP contribution in [-0.2, 0) is 20.0 Å². The molecule has 0 bridgehead atoms. The smallest absolute Gasteiger partial charge is 0.262 e. The molecule has 0 saturated carbocycles. The van der Waals surface area contributed by atoms with Gasteiger partial charge in [0.1, 0.15) is 4.90 Å². The number of rotatable bonds is 11. The van der Waals surface area contributed by atoms with Gasteiger partial charge in [0.15, 0.2) is 0 Å². The van der Waals surface area contributed by atoms with Crippen molar-refractivity contribution in [3.05, 3.63) is 77.8 Å². The SMILES string of the molecule is NCCCCCCNS(=O)(=O)c1c(NS(=O)(=O)c2cccc3ccccc23)ccc2c(Cl)cccc12. The second-order valence-electron chi connectivity index (χ2n) is 8.46. The van der Waals surface area contributed by atoms with Gasteiger partial charge in [-0.25, -0.2) is 21.6 Å². The van der Waals surface area contributed by atoms with Crippen molar-refractivity contribution in [2.45, 2.75) is 35.5 Å². The second-order valence-corrected chi connectivity index (χ2v) is 12.2. The number of benzene rings is 4. The van der Waals surface area contributed by atoms with Crippen molar-refractivity contribution < 1.29 is 16.8 Å². The zero-order valence-electron chi connectivity index (χ0n) is 19.6. The lowest BCUT2D eigenvalue weighted by molar-refractivity contribution is 0.573. The molecule has 0 amide bonds. The van der Waals surface area contributed by atoms with Gasteiger partial charge in [-0.05, 0) is 43.0 Å². The highest BCUT2D eigenvalue weighted by Gasteiger charge is 2.26. The number of anilines is 1. The molecule has 0 heterocycles. The quantitative estimate of drug-likeness (QED) is 0.223. The third-order valence-corrected chi connectivity index (χ3v) is 9.25. The number of sulfonamides is 2. The van der Waals surface area contributed by atoms with Crippen LogP contribution in [0.1, 0.15) is 25.7 Å². The number of nitrogens with two attached hydrogens (primary N) is 1. The molecule has 0 aromatic heterocycles. The summed E-state index contributed by atoms with van der Waals surface area (Å²) in [6.45, 7) is 0.821. The molecule has 36 heavy (non-hydrogen) atoms. The fourth-order valence-electron chi connectivity index (χ4n) is 4.19. The van der Waals surface area contributed by atoms with E-state index in [1.807, 2.05) is 18.2 Å². The summed E-state index contributed by atoms with van der Waals surface area (Å²) in [5.74, 6) is 0. The summed E-state index contributed by atoms with van der Waals surface area (Å²) in [4.78, 5) is -0.101. The molecule has 4 aromatic carbocycles. The van der Waals surface area contributed by atoms with E-state index < -0.39 is 20.0 Å². The second kappa shape index (κ2) is 11.1. The molecule has 4 aromatic rings. The van der Waals surface area contributed by atoms with Crippen molar-refractivity contribution in [2.24, 2.45) is 5.73 Å². The van der Waals surface area contributed by atoms with Crippen LogP contribution in [0.4, 0.5) is 5.69 Å². The van der Waals surface area contributed by atoms with E-state index >= 15 is 0 Å². The molecule has 4 rings (SSSR count). The molecule has 0 aliphatic carbocycles. The molecule has 0 unspecified atom stereocenters. The predicted molar refractivity (Wildman–Crippen MR) is 146 cm³/mol. The maximum absolute atomic E-state index is 13.5. The molecule has 0 atom stereocenters. The summed E-state index contributed by atoms with van der Waals surface area (Å²) >= 11 is 6.34. The summed E-state index contributed by atoms with van der Waals surface area (Å²) in [6, 6.07) is 20.1. The Morgan fingerprint density at radius 1 is 0.694 bits per heavy atom. The van der Waals surface area contributed by atoms with Gasteiger partial charge in [-0.3, -0.25) is 4.72 Å². The number of halogens is 1. The largest absolute Gasteiger partial charge is 0.330 e. The average molecular weight is 546 g/mol. The maximum Gasteiger partial charge on any atom is 0.262 e. The van der Waals surface area contributed by atoms with E-state index in [-0.39, 0.29) is 22.0 Å². The molecule has 4 N–H and O–H groups in total. The standard InChI is InChI=1S/C26H28ClN3O4S2/c27-23-13-8-12-22-21(23)15-16-24(26(22)36(33,34)29-18-6-2-1-5-17-28)30-35(31,32)25-14-7-10-19-9-3-4-11-20(19)25/h3-4,7-16,29-30H,1-2,5-6,17-18,28H2. The zero-order valence-corrected chi connectivity index (χ0v) is 22.0. The zero-order chi connectivity index (χ0) is 25.8. The van der Waals surface area contributed by atoms with Crippen LogP contribution in [0.2, 0.25) is 5.02 Å². The van der Waals surface area contributed by atoms with Gasteiger partial charge in [0, 0.05) is 27.7 Å². The van der Waals surface area contributed by atoms with E-state index in [9.17, 15) is 16.8 Å².